The molecule has 2 amide bonds. The van der Waals surface area contributed by atoms with Crippen LogP contribution in [0.25, 0.3) is 0 Å². The highest BCUT2D eigenvalue weighted by molar-refractivity contribution is 7.99. The Bertz CT molecular complexity index is 112. The van der Waals surface area contributed by atoms with Crippen LogP contribution in [-0.2, 0) is 0 Å². The van der Waals surface area contributed by atoms with Crippen molar-refractivity contribution in [1.82, 2.24) is 5.32 Å². The minimum atomic E-state index is -0.400. The van der Waals surface area contributed by atoms with Crippen molar-refractivity contribution in [1.29, 1.82) is 0 Å². The van der Waals surface area contributed by atoms with Gasteiger partial charge in [0.05, 0.1) is 0 Å². The van der Waals surface area contributed by atoms with Crippen LogP contribution in [0.15, 0.2) is 0 Å². The number of nitrogens with one attached hydrogen (secondary N) is 1. The molecule has 0 bridgehead atoms. The molecular formula is C5H10N2OS. The quantitative estimate of drug-likeness (QED) is 0.553. The van der Waals surface area contributed by atoms with Crippen molar-refractivity contribution in [2.24, 2.45) is 5.73 Å². The van der Waals surface area contributed by atoms with E-state index in [9.17, 15) is 4.79 Å². The van der Waals surface area contributed by atoms with Gasteiger partial charge in [0.1, 0.15) is 0 Å². The first-order valence-electron chi connectivity index (χ1n) is 2.93. The van der Waals surface area contributed by atoms with E-state index in [-0.39, 0.29) is 0 Å². The van der Waals surface area contributed by atoms with Gasteiger partial charge >= 0.3 is 6.03 Å². The van der Waals surface area contributed by atoms with E-state index in [0.717, 1.165) is 17.9 Å². The van der Waals surface area contributed by atoms with E-state index in [0.29, 0.717) is 6.04 Å². The Morgan fingerprint density at radius 2 is 2.56 bits per heavy atom. The molecule has 1 aliphatic rings. The van der Waals surface area contributed by atoms with Crippen LogP contribution in [0.4, 0.5) is 4.79 Å². The van der Waals surface area contributed by atoms with Gasteiger partial charge < -0.3 is 11.1 Å². The smallest absolute Gasteiger partial charge is 0.312 e. The molecule has 1 rings (SSSR count). The zero-order valence-electron chi connectivity index (χ0n) is 5.09. The maximum absolute atomic E-state index is 10.3. The number of thioether (sulfide) groups is 1. The second kappa shape index (κ2) is 2.96. The molecule has 0 aromatic heterocycles. The number of rotatable bonds is 1. The molecule has 1 atom stereocenters. The zero-order chi connectivity index (χ0) is 6.69. The summed E-state index contributed by atoms with van der Waals surface area (Å²) in [5, 5.41) is 2.66. The number of carbonyl (C=O) groups is 1. The SMILES string of the molecule is NC(=O)NC1CCSC1. The molecule has 0 aromatic rings. The van der Waals surface area contributed by atoms with Crippen molar-refractivity contribution in [3.8, 4) is 0 Å². The number of primary amides is 1. The second-order valence-corrected chi connectivity index (χ2v) is 3.22. The van der Waals surface area contributed by atoms with Gasteiger partial charge in [0.25, 0.3) is 0 Å². The molecule has 4 heteroatoms. The van der Waals surface area contributed by atoms with Crippen molar-refractivity contribution in [3.63, 3.8) is 0 Å². The lowest BCUT2D eigenvalue weighted by molar-refractivity contribution is 0.246. The van der Waals surface area contributed by atoms with Crippen LogP contribution < -0.4 is 11.1 Å². The van der Waals surface area contributed by atoms with Crippen LogP contribution in [0.5, 0.6) is 0 Å². The van der Waals surface area contributed by atoms with E-state index in [1.807, 2.05) is 11.8 Å². The fourth-order valence-electron chi connectivity index (χ4n) is 0.850. The maximum Gasteiger partial charge on any atom is 0.312 e. The van der Waals surface area contributed by atoms with Crippen LogP contribution in [0.2, 0.25) is 0 Å². The van der Waals surface area contributed by atoms with Gasteiger partial charge in [0.15, 0.2) is 0 Å². The van der Waals surface area contributed by atoms with Gasteiger partial charge in [-0.3, -0.25) is 0 Å². The summed E-state index contributed by atoms with van der Waals surface area (Å²) in [6.07, 6.45) is 1.06. The summed E-state index contributed by atoms with van der Waals surface area (Å²) in [4.78, 5) is 10.3. The molecular weight excluding hydrogens is 136 g/mol. The van der Waals surface area contributed by atoms with Gasteiger partial charge in [-0.25, -0.2) is 4.79 Å². The highest BCUT2D eigenvalue weighted by atomic mass is 32.2. The van der Waals surface area contributed by atoms with Crippen LogP contribution in [-0.4, -0.2) is 23.6 Å². The second-order valence-electron chi connectivity index (χ2n) is 2.07. The summed E-state index contributed by atoms with van der Waals surface area (Å²) in [5.41, 5.74) is 4.91. The lowest BCUT2D eigenvalue weighted by atomic mass is 10.3. The molecule has 3 N–H and O–H groups in total. The fraction of sp³-hybridized carbons (Fsp3) is 0.800. The zero-order valence-corrected chi connectivity index (χ0v) is 5.91. The fourth-order valence-corrected chi connectivity index (χ4v) is 2.00. The molecule has 1 aliphatic heterocycles. The van der Waals surface area contributed by atoms with Gasteiger partial charge in [-0.2, -0.15) is 11.8 Å². The van der Waals surface area contributed by atoms with Crippen LogP contribution in [0.1, 0.15) is 6.42 Å². The van der Waals surface area contributed by atoms with Crippen LogP contribution in [0.3, 0.4) is 0 Å². The Hall–Kier alpha value is -0.380. The Morgan fingerprint density at radius 3 is 3.00 bits per heavy atom. The molecule has 0 aliphatic carbocycles. The molecule has 1 heterocycles. The lowest BCUT2D eigenvalue weighted by Crippen LogP contribution is -2.38. The molecule has 1 unspecified atom stereocenters. The Labute approximate surface area is 58.4 Å². The summed E-state index contributed by atoms with van der Waals surface area (Å²) in [6, 6.07) is -0.0741. The van der Waals surface area contributed by atoms with Crippen molar-refractivity contribution in [3.05, 3.63) is 0 Å². The molecule has 0 saturated carbocycles. The van der Waals surface area contributed by atoms with Gasteiger partial charge in [-0.05, 0) is 12.2 Å². The third kappa shape index (κ3) is 2.13. The highest BCUT2D eigenvalue weighted by Crippen LogP contribution is 2.16. The number of carbonyl (C=O) groups excluding carboxylic acids is 1. The summed E-state index contributed by atoms with van der Waals surface area (Å²) >= 11 is 1.85. The molecule has 0 aromatic carbocycles. The normalized spacial score (nSPS) is 26.0. The van der Waals surface area contributed by atoms with Crippen molar-refractivity contribution < 1.29 is 4.79 Å². The van der Waals surface area contributed by atoms with Crippen molar-refractivity contribution >= 4 is 17.8 Å². The predicted molar refractivity (Wildman–Crippen MR) is 38.4 cm³/mol. The molecule has 1 fully saturated rings. The van der Waals surface area contributed by atoms with Crippen molar-refractivity contribution in [2.45, 2.75) is 12.5 Å². The minimum Gasteiger partial charge on any atom is -0.352 e. The first kappa shape index (κ1) is 6.74. The van der Waals surface area contributed by atoms with E-state index in [4.69, 9.17) is 5.73 Å². The van der Waals surface area contributed by atoms with E-state index in [1.54, 1.807) is 0 Å². The van der Waals surface area contributed by atoms with E-state index >= 15 is 0 Å². The monoisotopic (exact) mass is 146 g/mol. The van der Waals surface area contributed by atoms with Gasteiger partial charge in [-0.1, -0.05) is 0 Å². The molecule has 52 valence electrons. The topological polar surface area (TPSA) is 55.1 Å². The first-order valence-corrected chi connectivity index (χ1v) is 4.08. The Morgan fingerprint density at radius 1 is 1.78 bits per heavy atom. The van der Waals surface area contributed by atoms with Gasteiger partial charge in [0, 0.05) is 11.8 Å². The Balaban J connectivity index is 2.19. The summed E-state index contributed by atoms with van der Waals surface area (Å²) in [6.45, 7) is 0. The van der Waals surface area contributed by atoms with Gasteiger partial charge in [-0.15, -0.1) is 0 Å². The summed E-state index contributed by atoms with van der Waals surface area (Å²) in [5.74, 6) is 2.16. The number of nitrogens with two attached hydrogens (primary N) is 1. The minimum absolute atomic E-state index is 0.326. The first-order chi connectivity index (χ1) is 4.29. The maximum atomic E-state index is 10.3. The van der Waals surface area contributed by atoms with Gasteiger partial charge in [0.2, 0.25) is 0 Å². The molecule has 3 nitrogen and oxygen atoms in total. The number of urea groups is 1. The third-order valence-corrected chi connectivity index (χ3v) is 2.44. The van der Waals surface area contributed by atoms with E-state index in [1.165, 1.54) is 0 Å². The van der Waals surface area contributed by atoms with E-state index < -0.39 is 6.03 Å². The summed E-state index contributed by atoms with van der Waals surface area (Å²) in [7, 11) is 0. The lowest BCUT2D eigenvalue weighted by Gasteiger charge is -2.06. The molecule has 0 radical (unpaired) electrons. The molecule has 1 saturated heterocycles. The van der Waals surface area contributed by atoms with Crippen LogP contribution in [0, 0.1) is 0 Å². The average molecular weight is 146 g/mol. The molecule has 0 spiro atoms. The summed E-state index contributed by atoms with van der Waals surface area (Å²) < 4.78 is 0. The standard InChI is InChI=1S/C5H10N2OS/c6-5(8)7-4-1-2-9-3-4/h4H,1-3H2,(H3,6,7,8). The highest BCUT2D eigenvalue weighted by Gasteiger charge is 2.15. The third-order valence-electron chi connectivity index (χ3n) is 1.28. The van der Waals surface area contributed by atoms with Crippen molar-refractivity contribution in [2.75, 3.05) is 11.5 Å². The van der Waals surface area contributed by atoms with Crippen LogP contribution >= 0.6 is 11.8 Å². The van der Waals surface area contributed by atoms with E-state index in [2.05, 4.69) is 5.32 Å². The number of hydrogen-bond donors (Lipinski definition) is 2. The largest absolute Gasteiger partial charge is 0.352 e. The predicted octanol–water partition coefficient (Wildman–Crippen LogP) is 0.160. The molecule has 9 heavy (non-hydrogen) atoms. The number of amides is 2. The number of hydrogen-bond acceptors (Lipinski definition) is 2. The average Bonchev–Trinajstić information content (AvgIpc) is 2.15. The Kier molecular flexibility index (Phi) is 2.22.